The Kier molecular flexibility index (Phi) is 7.61. The molecule has 1 amide bonds. The van der Waals surface area contributed by atoms with E-state index in [0.29, 0.717) is 31.0 Å². The third-order valence-corrected chi connectivity index (χ3v) is 3.90. The van der Waals surface area contributed by atoms with Gasteiger partial charge in [0.25, 0.3) is 5.91 Å². The highest BCUT2D eigenvalue weighted by atomic mass is 16.5. The van der Waals surface area contributed by atoms with Crippen LogP contribution in [0.2, 0.25) is 0 Å². The van der Waals surface area contributed by atoms with Crippen LogP contribution in [0.3, 0.4) is 0 Å². The molecule has 138 valence electrons. The van der Waals surface area contributed by atoms with Crippen molar-refractivity contribution in [2.24, 2.45) is 0 Å². The third-order valence-electron chi connectivity index (χ3n) is 3.90. The van der Waals surface area contributed by atoms with Crippen LogP contribution in [-0.2, 0) is 6.42 Å². The highest BCUT2D eigenvalue weighted by Crippen LogP contribution is 2.15. The van der Waals surface area contributed by atoms with Crippen LogP contribution in [0, 0.1) is 0 Å². The Labute approximate surface area is 153 Å². The van der Waals surface area contributed by atoms with Crippen molar-refractivity contribution in [3.8, 4) is 5.88 Å². The summed E-state index contributed by atoms with van der Waals surface area (Å²) >= 11 is 0. The zero-order valence-electron chi connectivity index (χ0n) is 14.9. The number of nitrogens with one attached hydrogen (secondary N) is 1. The molecule has 0 bridgehead atoms. The van der Waals surface area contributed by atoms with Gasteiger partial charge in [0.15, 0.2) is 0 Å². The van der Waals surface area contributed by atoms with Crippen LogP contribution in [0.25, 0.3) is 0 Å². The molecular formula is C20H24N2O4. The van der Waals surface area contributed by atoms with E-state index in [2.05, 4.69) is 17.2 Å². The summed E-state index contributed by atoms with van der Waals surface area (Å²) in [7, 11) is 0. The van der Waals surface area contributed by atoms with Gasteiger partial charge in [0, 0.05) is 12.7 Å². The van der Waals surface area contributed by atoms with Gasteiger partial charge < -0.3 is 15.2 Å². The minimum Gasteiger partial charge on any atom is -0.478 e. The van der Waals surface area contributed by atoms with Gasteiger partial charge in [0.2, 0.25) is 5.88 Å². The van der Waals surface area contributed by atoms with Crippen molar-refractivity contribution < 1.29 is 19.4 Å². The normalized spacial score (nSPS) is 10.3. The van der Waals surface area contributed by atoms with Gasteiger partial charge in [-0.25, -0.2) is 9.78 Å². The molecule has 0 aliphatic rings. The molecule has 0 aliphatic carbocycles. The number of aromatic nitrogens is 1. The number of rotatable bonds is 10. The van der Waals surface area contributed by atoms with Gasteiger partial charge in [-0.2, -0.15) is 0 Å². The number of carbonyl (C=O) groups is 2. The lowest BCUT2D eigenvalue weighted by Crippen LogP contribution is -2.26. The van der Waals surface area contributed by atoms with Crippen LogP contribution in [0.5, 0.6) is 5.88 Å². The second-order valence-electron chi connectivity index (χ2n) is 5.92. The smallest absolute Gasteiger partial charge is 0.335 e. The number of aromatic carboxylic acids is 1. The number of nitrogens with zero attached hydrogens (tertiary/aromatic N) is 1. The fourth-order valence-corrected chi connectivity index (χ4v) is 2.43. The van der Waals surface area contributed by atoms with E-state index in [1.54, 1.807) is 42.6 Å². The van der Waals surface area contributed by atoms with Crippen LogP contribution >= 0.6 is 0 Å². The van der Waals surface area contributed by atoms with Crippen LogP contribution in [0.15, 0.2) is 42.6 Å². The number of ether oxygens (including phenoxy) is 1. The van der Waals surface area contributed by atoms with Gasteiger partial charge in [-0.15, -0.1) is 0 Å². The van der Waals surface area contributed by atoms with Crippen molar-refractivity contribution in [3.05, 3.63) is 59.3 Å². The van der Waals surface area contributed by atoms with Gasteiger partial charge in [0.1, 0.15) is 5.56 Å². The monoisotopic (exact) mass is 356 g/mol. The molecule has 0 spiro atoms. The number of unbranched alkanes of at least 4 members (excludes halogenated alkanes) is 2. The molecule has 0 fully saturated rings. The van der Waals surface area contributed by atoms with Gasteiger partial charge in [-0.1, -0.05) is 31.9 Å². The number of benzene rings is 1. The lowest BCUT2D eigenvalue weighted by Gasteiger charge is -2.10. The molecule has 1 aromatic carbocycles. The molecule has 0 unspecified atom stereocenters. The van der Waals surface area contributed by atoms with E-state index in [4.69, 9.17) is 9.84 Å². The average molecular weight is 356 g/mol. The molecule has 1 aromatic heterocycles. The standard InChI is InChI=1S/C20H24N2O4/c1-2-3-4-14-26-19-17(6-5-12-22-19)18(23)21-13-11-15-7-9-16(10-8-15)20(24)25/h5-10,12H,2-4,11,13-14H2,1H3,(H,21,23)(H,24,25). The molecule has 0 radical (unpaired) electrons. The van der Waals surface area contributed by atoms with Gasteiger partial charge in [0.05, 0.1) is 12.2 Å². The average Bonchev–Trinajstić information content (AvgIpc) is 2.66. The molecular weight excluding hydrogens is 332 g/mol. The van der Waals surface area contributed by atoms with Crippen molar-refractivity contribution >= 4 is 11.9 Å². The van der Waals surface area contributed by atoms with Crippen molar-refractivity contribution in [2.75, 3.05) is 13.2 Å². The minimum absolute atomic E-state index is 0.231. The summed E-state index contributed by atoms with van der Waals surface area (Å²) in [6.07, 6.45) is 5.33. The first-order valence-corrected chi connectivity index (χ1v) is 8.80. The predicted octanol–water partition coefficient (Wildman–Crippen LogP) is 3.32. The molecule has 6 nitrogen and oxygen atoms in total. The Morgan fingerprint density at radius 3 is 2.62 bits per heavy atom. The fraction of sp³-hybridized carbons (Fsp3) is 0.350. The summed E-state index contributed by atoms with van der Waals surface area (Å²) in [6.45, 7) is 3.10. The van der Waals surface area contributed by atoms with E-state index >= 15 is 0 Å². The van der Waals surface area contributed by atoms with E-state index in [-0.39, 0.29) is 11.5 Å². The number of carboxylic acids is 1. The van der Waals surface area contributed by atoms with Crippen LogP contribution in [0.1, 0.15) is 52.5 Å². The Morgan fingerprint density at radius 2 is 1.92 bits per heavy atom. The first-order valence-electron chi connectivity index (χ1n) is 8.80. The Morgan fingerprint density at radius 1 is 1.15 bits per heavy atom. The second kappa shape index (κ2) is 10.2. The topological polar surface area (TPSA) is 88.5 Å². The molecule has 2 aromatic rings. The molecule has 6 heteroatoms. The SMILES string of the molecule is CCCCCOc1ncccc1C(=O)NCCc1ccc(C(=O)O)cc1. The number of carboxylic acid groups (broad SMARTS) is 1. The summed E-state index contributed by atoms with van der Waals surface area (Å²) < 4.78 is 5.63. The van der Waals surface area contributed by atoms with Crippen molar-refractivity contribution in [2.45, 2.75) is 32.6 Å². The lowest BCUT2D eigenvalue weighted by atomic mass is 10.1. The molecule has 0 saturated carbocycles. The summed E-state index contributed by atoms with van der Waals surface area (Å²) in [5.41, 5.74) is 1.63. The molecule has 0 atom stereocenters. The van der Waals surface area contributed by atoms with Crippen LogP contribution < -0.4 is 10.1 Å². The maximum atomic E-state index is 12.4. The lowest BCUT2D eigenvalue weighted by molar-refractivity contribution is 0.0696. The molecule has 0 saturated heterocycles. The van der Waals surface area contributed by atoms with Crippen molar-refractivity contribution in [1.82, 2.24) is 10.3 Å². The minimum atomic E-state index is -0.951. The van der Waals surface area contributed by atoms with E-state index in [1.807, 2.05) is 0 Å². The zero-order chi connectivity index (χ0) is 18.8. The number of pyridine rings is 1. The van der Waals surface area contributed by atoms with Crippen molar-refractivity contribution in [3.63, 3.8) is 0 Å². The highest BCUT2D eigenvalue weighted by molar-refractivity contribution is 5.96. The first-order chi connectivity index (χ1) is 12.6. The van der Waals surface area contributed by atoms with Gasteiger partial charge >= 0.3 is 5.97 Å². The number of hydrogen-bond donors (Lipinski definition) is 2. The quantitative estimate of drug-likeness (QED) is 0.638. The van der Waals surface area contributed by atoms with Crippen molar-refractivity contribution in [1.29, 1.82) is 0 Å². The van der Waals surface area contributed by atoms with Gasteiger partial charge in [-0.05, 0) is 42.7 Å². The Balaban J connectivity index is 1.86. The van der Waals surface area contributed by atoms with Crippen LogP contribution in [0.4, 0.5) is 0 Å². The van der Waals surface area contributed by atoms with E-state index in [9.17, 15) is 9.59 Å². The predicted molar refractivity (Wildman–Crippen MR) is 98.7 cm³/mol. The Hall–Kier alpha value is -2.89. The summed E-state index contributed by atoms with van der Waals surface area (Å²) in [6, 6.07) is 10.0. The number of hydrogen-bond acceptors (Lipinski definition) is 4. The second-order valence-corrected chi connectivity index (χ2v) is 5.92. The van der Waals surface area contributed by atoms with Gasteiger partial charge in [-0.3, -0.25) is 4.79 Å². The van der Waals surface area contributed by atoms with Crippen LogP contribution in [-0.4, -0.2) is 35.1 Å². The number of amides is 1. The zero-order valence-corrected chi connectivity index (χ0v) is 14.9. The largest absolute Gasteiger partial charge is 0.478 e. The molecule has 0 aliphatic heterocycles. The molecule has 26 heavy (non-hydrogen) atoms. The number of carbonyl (C=O) groups excluding carboxylic acids is 1. The van der Waals surface area contributed by atoms with E-state index < -0.39 is 5.97 Å². The summed E-state index contributed by atoms with van der Waals surface area (Å²) in [5, 5.41) is 11.7. The molecule has 1 heterocycles. The molecule has 2 N–H and O–H groups in total. The fourth-order valence-electron chi connectivity index (χ4n) is 2.43. The summed E-state index contributed by atoms with van der Waals surface area (Å²) in [5.74, 6) is -0.828. The first kappa shape index (κ1) is 19.4. The van der Waals surface area contributed by atoms with E-state index in [1.165, 1.54) is 0 Å². The maximum Gasteiger partial charge on any atom is 0.335 e. The third kappa shape index (κ3) is 5.88. The summed E-state index contributed by atoms with van der Waals surface area (Å²) in [4.78, 5) is 27.4. The van der Waals surface area contributed by atoms with E-state index in [0.717, 1.165) is 24.8 Å². The molecule has 2 rings (SSSR count). The Bertz CT molecular complexity index is 729. The highest BCUT2D eigenvalue weighted by Gasteiger charge is 2.13. The maximum absolute atomic E-state index is 12.4.